The molecule has 0 aliphatic carbocycles. The average molecular weight is 364 g/mol. The Bertz CT molecular complexity index is 700. The minimum Gasteiger partial charge on any atom is -0.490 e. The van der Waals surface area contributed by atoms with E-state index >= 15 is 0 Å². The van der Waals surface area contributed by atoms with Crippen molar-refractivity contribution in [3.05, 3.63) is 53.3 Å². The number of aromatic nitrogens is 2. The molecule has 0 amide bonds. The first kappa shape index (κ1) is 19.3. The maximum absolute atomic E-state index is 6.40. The predicted octanol–water partition coefficient (Wildman–Crippen LogP) is 4.28. The van der Waals surface area contributed by atoms with E-state index in [-0.39, 0.29) is 6.04 Å². The Labute approximate surface area is 154 Å². The van der Waals surface area contributed by atoms with E-state index in [2.05, 4.69) is 23.9 Å². The van der Waals surface area contributed by atoms with E-state index in [1.807, 2.05) is 43.0 Å². The summed E-state index contributed by atoms with van der Waals surface area (Å²) in [6.45, 7) is 9.35. The first-order valence-corrected chi connectivity index (χ1v) is 8.88. The molecular formula is C19H26ClN3O2. The number of rotatable bonds is 10. The Morgan fingerprint density at radius 2 is 2.16 bits per heavy atom. The Morgan fingerprint density at radius 3 is 2.76 bits per heavy atom. The summed E-state index contributed by atoms with van der Waals surface area (Å²) < 4.78 is 13.2. The number of hydrogen-bond acceptors (Lipinski definition) is 4. The van der Waals surface area contributed by atoms with Crippen molar-refractivity contribution in [3.63, 3.8) is 0 Å². The summed E-state index contributed by atoms with van der Waals surface area (Å²) in [5.74, 6) is 1.22. The lowest BCUT2D eigenvalue weighted by molar-refractivity contribution is 0.296. The van der Waals surface area contributed by atoms with Crippen LogP contribution >= 0.6 is 11.6 Å². The van der Waals surface area contributed by atoms with E-state index in [4.69, 9.17) is 21.1 Å². The number of halogens is 1. The van der Waals surface area contributed by atoms with E-state index in [9.17, 15) is 0 Å². The van der Waals surface area contributed by atoms with Gasteiger partial charge in [0.1, 0.15) is 6.61 Å². The molecule has 0 radical (unpaired) electrons. The summed E-state index contributed by atoms with van der Waals surface area (Å²) in [5.41, 5.74) is 2.20. The van der Waals surface area contributed by atoms with Crippen LogP contribution in [0.1, 0.15) is 37.6 Å². The molecular weight excluding hydrogens is 338 g/mol. The van der Waals surface area contributed by atoms with E-state index in [0.29, 0.717) is 36.3 Å². The first-order chi connectivity index (χ1) is 12.1. The molecule has 1 unspecified atom stereocenters. The van der Waals surface area contributed by atoms with Crippen molar-refractivity contribution in [2.75, 3.05) is 13.2 Å². The van der Waals surface area contributed by atoms with Crippen LogP contribution in [0.2, 0.25) is 5.02 Å². The molecule has 0 saturated carbocycles. The zero-order valence-corrected chi connectivity index (χ0v) is 15.8. The van der Waals surface area contributed by atoms with Crippen molar-refractivity contribution in [1.29, 1.82) is 0 Å². The van der Waals surface area contributed by atoms with Gasteiger partial charge in [0.15, 0.2) is 11.5 Å². The van der Waals surface area contributed by atoms with Gasteiger partial charge >= 0.3 is 0 Å². The van der Waals surface area contributed by atoms with Crippen molar-refractivity contribution in [3.8, 4) is 11.5 Å². The summed E-state index contributed by atoms with van der Waals surface area (Å²) in [6.07, 6.45) is 4.46. The van der Waals surface area contributed by atoms with Gasteiger partial charge in [0.05, 0.1) is 17.3 Å². The largest absolute Gasteiger partial charge is 0.490 e. The molecule has 0 saturated heterocycles. The molecule has 1 aromatic heterocycles. The maximum atomic E-state index is 6.40. The van der Waals surface area contributed by atoms with Gasteiger partial charge in [-0.15, -0.1) is 0 Å². The van der Waals surface area contributed by atoms with Crippen LogP contribution in [0.15, 0.2) is 37.1 Å². The quantitative estimate of drug-likeness (QED) is 0.640. The van der Waals surface area contributed by atoms with Crippen LogP contribution in [-0.2, 0) is 13.6 Å². The van der Waals surface area contributed by atoms with Crippen LogP contribution in [0.5, 0.6) is 11.5 Å². The SMILES string of the molecule is C=CCOc1c(Cl)cc(CNC(CC)c2ccnn2C)cc1OCC. The van der Waals surface area contributed by atoms with Crippen molar-refractivity contribution < 1.29 is 9.47 Å². The zero-order valence-electron chi connectivity index (χ0n) is 15.1. The highest BCUT2D eigenvalue weighted by Gasteiger charge is 2.15. The molecule has 0 fully saturated rings. The topological polar surface area (TPSA) is 48.3 Å². The van der Waals surface area contributed by atoms with E-state index < -0.39 is 0 Å². The highest BCUT2D eigenvalue weighted by Crippen LogP contribution is 2.37. The molecule has 1 heterocycles. The molecule has 0 aliphatic rings. The highest BCUT2D eigenvalue weighted by molar-refractivity contribution is 6.32. The molecule has 1 N–H and O–H groups in total. The van der Waals surface area contributed by atoms with Gasteiger partial charge in [0.2, 0.25) is 0 Å². The molecule has 6 heteroatoms. The lowest BCUT2D eigenvalue weighted by Crippen LogP contribution is -2.22. The van der Waals surface area contributed by atoms with Crippen molar-refractivity contribution in [2.45, 2.75) is 32.9 Å². The lowest BCUT2D eigenvalue weighted by atomic mass is 10.1. The van der Waals surface area contributed by atoms with Crippen molar-refractivity contribution in [1.82, 2.24) is 15.1 Å². The van der Waals surface area contributed by atoms with Crippen LogP contribution < -0.4 is 14.8 Å². The number of nitrogens with one attached hydrogen (secondary N) is 1. The number of aryl methyl sites for hydroxylation is 1. The van der Waals surface area contributed by atoms with Gasteiger partial charge in [-0.3, -0.25) is 4.68 Å². The van der Waals surface area contributed by atoms with Crippen LogP contribution in [-0.4, -0.2) is 23.0 Å². The average Bonchev–Trinajstić information content (AvgIpc) is 3.01. The van der Waals surface area contributed by atoms with Crippen LogP contribution in [0.4, 0.5) is 0 Å². The van der Waals surface area contributed by atoms with Crippen molar-refractivity contribution in [2.24, 2.45) is 7.05 Å². The van der Waals surface area contributed by atoms with Gasteiger partial charge in [0.25, 0.3) is 0 Å². The molecule has 1 aromatic carbocycles. The third-order valence-electron chi connectivity index (χ3n) is 3.89. The van der Waals surface area contributed by atoms with Gasteiger partial charge < -0.3 is 14.8 Å². The number of benzene rings is 1. The number of hydrogen-bond donors (Lipinski definition) is 1. The fourth-order valence-corrected chi connectivity index (χ4v) is 2.98. The fraction of sp³-hybridized carbons (Fsp3) is 0.421. The normalized spacial score (nSPS) is 12.0. The standard InChI is InChI=1S/C19H26ClN3O2/c1-5-10-25-19-15(20)11-14(12-18(19)24-7-3)13-21-16(6-2)17-8-9-22-23(17)4/h5,8-9,11-12,16,21H,1,6-7,10,13H2,2-4H3. The van der Waals surface area contributed by atoms with Gasteiger partial charge in [-0.05, 0) is 37.1 Å². The van der Waals surface area contributed by atoms with Crippen molar-refractivity contribution >= 4 is 11.6 Å². The molecule has 5 nitrogen and oxygen atoms in total. The molecule has 136 valence electrons. The Kier molecular flexibility index (Phi) is 7.34. The molecule has 2 rings (SSSR count). The third-order valence-corrected chi connectivity index (χ3v) is 4.17. The Balaban J connectivity index is 2.15. The molecule has 2 aromatic rings. The van der Waals surface area contributed by atoms with Gasteiger partial charge in [-0.25, -0.2) is 0 Å². The summed E-state index contributed by atoms with van der Waals surface area (Å²) >= 11 is 6.40. The zero-order chi connectivity index (χ0) is 18.2. The van der Waals surface area contributed by atoms with E-state index in [0.717, 1.165) is 17.7 Å². The van der Waals surface area contributed by atoms with Crippen LogP contribution in [0.3, 0.4) is 0 Å². The second-order valence-electron chi connectivity index (χ2n) is 5.66. The molecule has 0 spiro atoms. The number of nitrogens with zero attached hydrogens (tertiary/aromatic N) is 2. The van der Waals surface area contributed by atoms with Gasteiger partial charge in [-0.1, -0.05) is 31.2 Å². The second-order valence-corrected chi connectivity index (χ2v) is 6.07. The molecule has 0 aliphatic heterocycles. The summed E-state index contributed by atoms with van der Waals surface area (Å²) in [7, 11) is 1.95. The van der Waals surface area contributed by atoms with Crippen LogP contribution in [0.25, 0.3) is 0 Å². The van der Waals surface area contributed by atoms with Crippen LogP contribution in [0, 0.1) is 0 Å². The molecule has 25 heavy (non-hydrogen) atoms. The van der Waals surface area contributed by atoms with E-state index in [1.54, 1.807) is 6.08 Å². The third kappa shape index (κ3) is 5.00. The lowest BCUT2D eigenvalue weighted by Gasteiger charge is -2.19. The minimum absolute atomic E-state index is 0.221. The summed E-state index contributed by atoms with van der Waals surface area (Å²) in [6, 6.07) is 6.13. The number of ether oxygens (including phenoxy) is 2. The van der Waals surface area contributed by atoms with E-state index in [1.165, 1.54) is 0 Å². The molecule has 1 atom stereocenters. The highest BCUT2D eigenvalue weighted by atomic mass is 35.5. The fourth-order valence-electron chi connectivity index (χ4n) is 2.69. The first-order valence-electron chi connectivity index (χ1n) is 8.50. The summed E-state index contributed by atoms with van der Waals surface area (Å²) in [4.78, 5) is 0. The Morgan fingerprint density at radius 1 is 1.36 bits per heavy atom. The molecule has 0 bridgehead atoms. The van der Waals surface area contributed by atoms with Gasteiger partial charge in [0, 0.05) is 25.8 Å². The minimum atomic E-state index is 0.221. The second kappa shape index (κ2) is 9.49. The monoisotopic (exact) mass is 363 g/mol. The van der Waals surface area contributed by atoms with Gasteiger partial charge in [-0.2, -0.15) is 5.10 Å². The smallest absolute Gasteiger partial charge is 0.180 e. The maximum Gasteiger partial charge on any atom is 0.180 e. The summed E-state index contributed by atoms with van der Waals surface area (Å²) in [5, 5.41) is 8.34. The Hall–Kier alpha value is -1.98. The predicted molar refractivity (Wildman–Crippen MR) is 101 cm³/mol.